The summed E-state index contributed by atoms with van der Waals surface area (Å²) in [6.45, 7) is 6.32. The summed E-state index contributed by atoms with van der Waals surface area (Å²) in [6.07, 6.45) is 3.60. The molecule has 2 aromatic heterocycles. The summed E-state index contributed by atoms with van der Waals surface area (Å²) >= 11 is 0. The molecule has 0 fully saturated rings. The van der Waals surface area contributed by atoms with Crippen molar-refractivity contribution in [3.05, 3.63) is 42.4 Å². The Morgan fingerprint density at radius 1 is 1.29 bits per heavy atom. The average Bonchev–Trinajstić information content (AvgIpc) is 2.99. The van der Waals surface area contributed by atoms with E-state index in [0.29, 0.717) is 6.61 Å². The number of nitrogens with zero attached hydrogens (tertiary/aromatic N) is 4. The van der Waals surface area contributed by atoms with Crippen molar-refractivity contribution in [3.63, 3.8) is 0 Å². The van der Waals surface area contributed by atoms with Gasteiger partial charge >= 0.3 is 5.97 Å². The first kappa shape index (κ1) is 16.1. The van der Waals surface area contributed by atoms with Crippen LogP contribution in [0, 0.1) is 0 Å². The number of rotatable bonds is 5. The van der Waals surface area contributed by atoms with Crippen LogP contribution >= 0.6 is 0 Å². The summed E-state index contributed by atoms with van der Waals surface area (Å²) in [5, 5.41) is 5.32. The van der Waals surface area contributed by atoms with Crippen molar-refractivity contribution in [1.29, 1.82) is 0 Å². The van der Waals surface area contributed by atoms with Gasteiger partial charge in [0.2, 0.25) is 0 Å². The maximum absolute atomic E-state index is 11.7. The fourth-order valence-corrected chi connectivity index (χ4v) is 2.68. The molecule has 0 unspecified atom stereocenters. The Morgan fingerprint density at radius 2 is 2.12 bits per heavy atom. The van der Waals surface area contributed by atoms with Gasteiger partial charge in [0.1, 0.15) is 6.33 Å². The lowest BCUT2D eigenvalue weighted by Gasteiger charge is -2.08. The molecule has 0 saturated carbocycles. The Bertz CT molecular complexity index is 870. The summed E-state index contributed by atoms with van der Waals surface area (Å²) < 4.78 is 6.89. The second kappa shape index (κ2) is 6.78. The van der Waals surface area contributed by atoms with E-state index in [1.165, 1.54) is 0 Å². The predicted octanol–water partition coefficient (Wildman–Crippen LogP) is 3.18. The van der Waals surface area contributed by atoms with E-state index < -0.39 is 0 Å². The molecule has 24 heavy (non-hydrogen) atoms. The zero-order chi connectivity index (χ0) is 17.1. The third kappa shape index (κ3) is 3.13. The smallest absolute Gasteiger partial charge is 0.310 e. The second-order valence-corrected chi connectivity index (χ2v) is 5.82. The molecule has 0 aliphatic rings. The highest BCUT2D eigenvalue weighted by molar-refractivity contribution is 5.90. The molecule has 0 aliphatic heterocycles. The molecule has 6 heteroatoms. The number of carbonyl (C=O) groups is 1. The number of aromatic nitrogens is 4. The normalized spacial score (nSPS) is 11.2. The molecule has 3 aromatic rings. The second-order valence-electron chi connectivity index (χ2n) is 5.82. The van der Waals surface area contributed by atoms with E-state index >= 15 is 0 Å². The van der Waals surface area contributed by atoms with Gasteiger partial charge in [-0.05, 0) is 32.4 Å². The highest BCUT2D eigenvalue weighted by Gasteiger charge is 2.13. The molecule has 3 rings (SSSR count). The van der Waals surface area contributed by atoms with Crippen molar-refractivity contribution in [3.8, 4) is 11.3 Å². The van der Waals surface area contributed by atoms with Crippen molar-refractivity contribution in [2.24, 2.45) is 0 Å². The van der Waals surface area contributed by atoms with Gasteiger partial charge < -0.3 is 4.74 Å². The van der Waals surface area contributed by atoms with Crippen molar-refractivity contribution in [2.75, 3.05) is 6.61 Å². The predicted molar refractivity (Wildman–Crippen MR) is 91.5 cm³/mol. The highest BCUT2D eigenvalue weighted by Crippen LogP contribution is 2.27. The molecular weight excluding hydrogens is 304 g/mol. The maximum atomic E-state index is 11.7. The van der Waals surface area contributed by atoms with E-state index in [1.54, 1.807) is 19.4 Å². The van der Waals surface area contributed by atoms with Crippen LogP contribution in [0.1, 0.15) is 32.4 Å². The minimum atomic E-state index is -0.227. The van der Waals surface area contributed by atoms with Gasteiger partial charge in [0.25, 0.3) is 0 Å². The Labute approximate surface area is 140 Å². The van der Waals surface area contributed by atoms with Gasteiger partial charge in [-0.3, -0.25) is 4.79 Å². The summed E-state index contributed by atoms with van der Waals surface area (Å²) in [4.78, 5) is 20.5. The number of benzene rings is 1. The van der Waals surface area contributed by atoms with Crippen LogP contribution in [-0.4, -0.2) is 32.3 Å². The first-order valence-electron chi connectivity index (χ1n) is 8.03. The van der Waals surface area contributed by atoms with Gasteiger partial charge in [-0.2, -0.15) is 5.10 Å². The largest absolute Gasteiger partial charge is 0.466 e. The summed E-state index contributed by atoms with van der Waals surface area (Å²) in [5.74, 6) is -0.227. The number of hydrogen-bond acceptors (Lipinski definition) is 5. The highest BCUT2D eigenvalue weighted by atomic mass is 16.5. The molecule has 0 saturated heterocycles. The van der Waals surface area contributed by atoms with Crippen LogP contribution < -0.4 is 0 Å². The van der Waals surface area contributed by atoms with Crippen LogP contribution in [0.2, 0.25) is 0 Å². The van der Waals surface area contributed by atoms with Gasteiger partial charge in [0, 0.05) is 11.6 Å². The molecule has 6 nitrogen and oxygen atoms in total. The topological polar surface area (TPSA) is 69.9 Å². The first-order valence-corrected chi connectivity index (χ1v) is 8.03. The fourth-order valence-electron chi connectivity index (χ4n) is 2.68. The van der Waals surface area contributed by atoms with Gasteiger partial charge in [-0.25, -0.2) is 14.6 Å². The van der Waals surface area contributed by atoms with E-state index in [9.17, 15) is 4.79 Å². The van der Waals surface area contributed by atoms with Gasteiger partial charge in [-0.1, -0.05) is 18.2 Å². The van der Waals surface area contributed by atoms with E-state index in [4.69, 9.17) is 4.74 Å². The molecule has 0 bridgehead atoms. The van der Waals surface area contributed by atoms with Crippen molar-refractivity contribution < 1.29 is 9.53 Å². The van der Waals surface area contributed by atoms with E-state index in [1.807, 2.05) is 28.9 Å². The number of esters is 1. The lowest BCUT2D eigenvalue weighted by Crippen LogP contribution is -2.07. The minimum absolute atomic E-state index is 0.223. The lowest BCUT2D eigenvalue weighted by atomic mass is 10.0. The van der Waals surface area contributed by atoms with Crippen LogP contribution in [0.3, 0.4) is 0 Å². The summed E-state index contributed by atoms with van der Waals surface area (Å²) in [6, 6.07) is 8.00. The standard InChI is InChI=1S/C18H20N4O2/c1-4-24-16(23)9-13-6-5-7-14(8-13)17-15-10-21-22(12(2)3)18(15)20-11-19-17/h5-8,10-12H,4,9H2,1-3H3. The molecular formula is C18H20N4O2. The third-order valence-electron chi connectivity index (χ3n) is 3.73. The monoisotopic (exact) mass is 324 g/mol. The third-order valence-corrected chi connectivity index (χ3v) is 3.73. The summed E-state index contributed by atoms with van der Waals surface area (Å²) in [5.41, 5.74) is 3.46. The van der Waals surface area contributed by atoms with Crippen LogP contribution in [0.4, 0.5) is 0 Å². The molecule has 2 heterocycles. The molecule has 124 valence electrons. The van der Waals surface area contributed by atoms with Crippen LogP contribution in [0.25, 0.3) is 22.3 Å². The molecule has 0 N–H and O–H groups in total. The van der Waals surface area contributed by atoms with E-state index in [-0.39, 0.29) is 18.4 Å². The SMILES string of the molecule is CCOC(=O)Cc1cccc(-c2ncnc3c2cnn3C(C)C)c1. The quantitative estimate of drug-likeness (QED) is 0.674. The van der Waals surface area contributed by atoms with Gasteiger partial charge in [-0.15, -0.1) is 0 Å². The van der Waals surface area contributed by atoms with Crippen molar-refractivity contribution in [2.45, 2.75) is 33.2 Å². The molecule has 0 spiro atoms. The first-order chi connectivity index (χ1) is 11.6. The number of carbonyl (C=O) groups excluding carboxylic acids is 1. The Hall–Kier alpha value is -2.76. The Kier molecular flexibility index (Phi) is 4.55. The number of fused-ring (bicyclic) bond motifs is 1. The van der Waals surface area contributed by atoms with Crippen LogP contribution in [0.15, 0.2) is 36.8 Å². The molecule has 0 amide bonds. The Morgan fingerprint density at radius 3 is 2.88 bits per heavy atom. The van der Waals surface area contributed by atoms with Gasteiger partial charge in [0.05, 0.1) is 30.3 Å². The van der Waals surface area contributed by atoms with E-state index in [2.05, 4.69) is 28.9 Å². The number of ether oxygens (including phenoxy) is 1. The molecule has 0 aliphatic carbocycles. The zero-order valence-corrected chi connectivity index (χ0v) is 14.1. The number of hydrogen-bond donors (Lipinski definition) is 0. The lowest BCUT2D eigenvalue weighted by molar-refractivity contribution is -0.142. The Balaban J connectivity index is 2.00. The van der Waals surface area contributed by atoms with Gasteiger partial charge in [0.15, 0.2) is 5.65 Å². The van der Waals surface area contributed by atoms with Crippen molar-refractivity contribution >= 4 is 17.0 Å². The van der Waals surface area contributed by atoms with Crippen LogP contribution in [-0.2, 0) is 16.0 Å². The molecule has 1 aromatic carbocycles. The summed E-state index contributed by atoms with van der Waals surface area (Å²) in [7, 11) is 0. The molecule has 0 atom stereocenters. The molecule has 0 radical (unpaired) electrons. The fraction of sp³-hybridized carbons (Fsp3) is 0.333. The van der Waals surface area contributed by atoms with Crippen molar-refractivity contribution in [1.82, 2.24) is 19.7 Å². The maximum Gasteiger partial charge on any atom is 0.310 e. The van der Waals surface area contributed by atoms with E-state index in [0.717, 1.165) is 27.9 Å². The van der Waals surface area contributed by atoms with Crippen LogP contribution in [0.5, 0.6) is 0 Å². The average molecular weight is 324 g/mol. The zero-order valence-electron chi connectivity index (χ0n) is 14.1. The minimum Gasteiger partial charge on any atom is -0.466 e.